The Morgan fingerprint density at radius 1 is 0.821 bits per heavy atom. The molecule has 0 aromatic heterocycles. The van der Waals surface area contributed by atoms with Crippen molar-refractivity contribution < 1.29 is 19.0 Å². The van der Waals surface area contributed by atoms with Crippen LogP contribution in [0.15, 0.2) is 97.6 Å². The number of hydrogen-bond acceptors (Lipinski definition) is 4. The lowest BCUT2D eigenvalue weighted by Crippen LogP contribution is -2.41. The molecule has 0 saturated heterocycles. The molecule has 1 atom stereocenters. The highest BCUT2D eigenvalue weighted by molar-refractivity contribution is 6.74. The average molecular weight is 541 g/mol. The molecule has 0 spiro atoms. The first-order chi connectivity index (χ1) is 18.6. The Kier molecular flexibility index (Phi) is 8.83. The minimum atomic E-state index is -2.09. The quantitative estimate of drug-likeness (QED) is 0.152. The summed E-state index contributed by atoms with van der Waals surface area (Å²) in [5.74, 6) is 1.43. The highest BCUT2D eigenvalue weighted by Gasteiger charge is 2.39. The van der Waals surface area contributed by atoms with E-state index in [0.29, 0.717) is 36.5 Å². The molecule has 0 aliphatic rings. The fourth-order valence-corrected chi connectivity index (χ4v) is 5.56. The van der Waals surface area contributed by atoms with Crippen LogP contribution in [0.5, 0.6) is 17.2 Å². The standard InChI is InChI=1S/C34H40O4Si/c1-7-14-30(38-39(5,6)34(2,3)4)27-21-28-31(36-23-25-15-10-8-11-16-25)19-20-32(33(28)29(35)22-27)37-24-26-17-12-9-13-18-26/h7-13,15-22,30,35H,1,14,23-24H2,2-6H3. The van der Waals surface area contributed by atoms with E-state index in [0.717, 1.165) is 22.1 Å². The maximum Gasteiger partial charge on any atom is 0.192 e. The van der Waals surface area contributed by atoms with Crippen molar-refractivity contribution in [2.24, 2.45) is 0 Å². The van der Waals surface area contributed by atoms with E-state index >= 15 is 0 Å². The summed E-state index contributed by atoms with van der Waals surface area (Å²) >= 11 is 0. The van der Waals surface area contributed by atoms with Crippen molar-refractivity contribution in [2.75, 3.05) is 0 Å². The molecule has 0 amide bonds. The molecule has 0 aliphatic carbocycles. The van der Waals surface area contributed by atoms with Crippen LogP contribution in [0.2, 0.25) is 18.1 Å². The molecule has 0 radical (unpaired) electrons. The number of hydrogen-bond donors (Lipinski definition) is 1. The number of ether oxygens (including phenoxy) is 2. The van der Waals surface area contributed by atoms with Crippen molar-refractivity contribution >= 4 is 19.1 Å². The highest BCUT2D eigenvalue weighted by Crippen LogP contribution is 2.45. The summed E-state index contributed by atoms with van der Waals surface area (Å²) in [6.07, 6.45) is 2.29. The summed E-state index contributed by atoms with van der Waals surface area (Å²) in [5, 5.41) is 12.9. The largest absolute Gasteiger partial charge is 0.507 e. The second kappa shape index (κ2) is 12.1. The zero-order chi connectivity index (χ0) is 28.0. The van der Waals surface area contributed by atoms with Crippen LogP contribution in [0.4, 0.5) is 0 Å². The Balaban J connectivity index is 1.77. The molecule has 204 valence electrons. The first-order valence-electron chi connectivity index (χ1n) is 13.5. The third-order valence-corrected chi connectivity index (χ3v) is 12.0. The number of rotatable bonds is 11. The van der Waals surface area contributed by atoms with Crippen LogP contribution in [0, 0.1) is 0 Å². The van der Waals surface area contributed by atoms with Crippen LogP contribution < -0.4 is 9.47 Å². The monoisotopic (exact) mass is 540 g/mol. The van der Waals surface area contributed by atoms with E-state index in [4.69, 9.17) is 13.9 Å². The van der Waals surface area contributed by atoms with Crippen LogP contribution in [0.1, 0.15) is 50.0 Å². The van der Waals surface area contributed by atoms with Crippen molar-refractivity contribution in [1.82, 2.24) is 0 Å². The molecule has 4 nitrogen and oxygen atoms in total. The van der Waals surface area contributed by atoms with Gasteiger partial charge in [-0.25, -0.2) is 0 Å². The van der Waals surface area contributed by atoms with Gasteiger partial charge in [0.2, 0.25) is 0 Å². The first kappa shape index (κ1) is 28.5. The molecule has 4 aromatic carbocycles. The van der Waals surface area contributed by atoms with Crippen molar-refractivity contribution in [1.29, 1.82) is 0 Å². The zero-order valence-corrected chi connectivity index (χ0v) is 24.7. The summed E-state index contributed by atoms with van der Waals surface area (Å²) in [4.78, 5) is 0. The molecule has 5 heteroatoms. The zero-order valence-electron chi connectivity index (χ0n) is 23.7. The number of phenols is 1. The van der Waals surface area contributed by atoms with Crippen molar-refractivity contribution in [2.45, 2.75) is 64.6 Å². The van der Waals surface area contributed by atoms with Gasteiger partial charge in [-0.2, -0.15) is 0 Å². The van der Waals surface area contributed by atoms with E-state index in [1.165, 1.54) is 0 Å². The second-order valence-corrected chi connectivity index (χ2v) is 16.2. The molecule has 0 fully saturated rings. The van der Waals surface area contributed by atoms with E-state index in [1.54, 1.807) is 6.07 Å². The summed E-state index contributed by atoms with van der Waals surface area (Å²) < 4.78 is 19.4. The topological polar surface area (TPSA) is 47.9 Å². The lowest BCUT2D eigenvalue weighted by molar-refractivity contribution is 0.186. The SMILES string of the molecule is C=CCC(O[Si](C)(C)C(C)(C)C)c1cc(O)c2c(OCc3ccccc3)ccc(OCc3ccccc3)c2c1. The van der Waals surface area contributed by atoms with Crippen LogP contribution in [0.3, 0.4) is 0 Å². The van der Waals surface area contributed by atoms with Crippen LogP contribution in [0.25, 0.3) is 10.8 Å². The van der Waals surface area contributed by atoms with Gasteiger partial charge in [0.05, 0.1) is 11.5 Å². The molecule has 0 heterocycles. The molecular weight excluding hydrogens is 500 g/mol. The Morgan fingerprint density at radius 2 is 1.36 bits per heavy atom. The first-order valence-corrected chi connectivity index (χ1v) is 16.4. The molecule has 1 unspecified atom stereocenters. The number of benzene rings is 4. The van der Waals surface area contributed by atoms with Gasteiger partial charge in [-0.3, -0.25) is 0 Å². The summed E-state index contributed by atoms with van der Waals surface area (Å²) in [6, 6.07) is 27.7. The van der Waals surface area contributed by atoms with Gasteiger partial charge in [-0.1, -0.05) is 87.5 Å². The Labute approximate surface area is 234 Å². The van der Waals surface area contributed by atoms with Gasteiger partial charge >= 0.3 is 0 Å². The second-order valence-electron chi connectivity index (χ2n) is 11.5. The van der Waals surface area contributed by atoms with Gasteiger partial charge < -0.3 is 19.0 Å². The number of fused-ring (bicyclic) bond motifs is 1. The molecule has 0 aliphatic heterocycles. The van der Waals surface area contributed by atoms with E-state index in [-0.39, 0.29) is 16.9 Å². The van der Waals surface area contributed by atoms with E-state index in [1.807, 2.05) is 78.9 Å². The molecule has 39 heavy (non-hydrogen) atoms. The Morgan fingerprint density at radius 3 is 1.90 bits per heavy atom. The number of aromatic hydroxyl groups is 1. The van der Waals surface area contributed by atoms with Gasteiger partial charge in [0.25, 0.3) is 0 Å². The average Bonchev–Trinajstić information content (AvgIpc) is 2.91. The van der Waals surface area contributed by atoms with Crippen LogP contribution in [-0.4, -0.2) is 13.4 Å². The normalized spacial score (nSPS) is 12.7. The maximum absolute atomic E-state index is 11.4. The Bertz CT molecular complexity index is 1390. The maximum atomic E-state index is 11.4. The minimum Gasteiger partial charge on any atom is -0.507 e. The Hall–Kier alpha value is -3.54. The predicted octanol–water partition coefficient (Wildman–Crippen LogP) is 9.34. The molecule has 4 rings (SSSR count). The lowest BCUT2D eigenvalue weighted by Gasteiger charge is -2.39. The van der Waals surface area contributed by atoms with E-state index in [2.05, 4.69) is 46.5 Å². The fourth-order valence-electron chi connectivity index (χ4n) is 4.27. The van der Waals surface area contributed by atoms with Gasteiger partial charge in [0.1, 0.15) is 30.5 Å². The van der Waals surface area contributed by atoms with Crippen molar-refractivity contribution in [3.05, 3.63) is 114 Å². The molecular formula is C34H40O4Si. The minimum absolute atomic E-state index is 0.0493. The number of phenolic OH excluding ortho intramolecular Hbond substituents is 1. The third kappa shape index (κ3) is 6.91. The highest BCUT2D eigenvalue weighted by atomic mass is 28.4. The van der Waals surface area contributed by atoms with Crippen molar-refractivity contribution in [3.8, 4) is 17.2 Å². The summed E-state index contributed by atoms with van der Waals surface area (Å²) in [5.41, 5.74) is 3.02. The van der Waals surface area contributed by atoms with Gasteiger partial charge in [-0.15, -0.1) is 6.58 Å². The van der Waals surface area contributed by atoms with E-state index < -0.39 is 8.32 Å². The third-order valence-electron chi connectivity index (χ3n) is 7.51. The van der Waals surface area contributed by atoms with Gasteiger partial charge in [0.15, 0.2) is 8.32 Å². The molecule has 4 aromatic rings. The summed E-state index contributed by atoms with van der Waals surface area (Å²) in [7, 11) is -2.09. The van der Waals surface area contributed by atoms with Gasteiger partial charge in [-0.05, 0) is 65.5 Å². The molecule has 1 N–H and O–H groups in total. The summed E-state index contributed by atoms with van der Waals surface area (Å²) in [6.45, 7) is 16.0. The van der Waals surface area contributed by atoms with Crippen LogP contribution >= 0.6 is 0 Å². The smallest absolute Gasteiger partial charge is 0.192 e. The fraction of sp³-hybridized carbons (Fsp3) is 0.294. The molecule has 0 bridgehead atoms. The van der Waals surface area contributed by atoms with Gasteiger partial charge in [0, 0.05) is 5.39 Å². The predicted molar refractivity (Wildman–Crippen MR) is 163 cm³/mol. The molecule has 0 saturated carbocycles. The van der Waals surface area contributed by atoms with E-state index in [9.17, 15) is 5.11 Å². The van der Waals surface area contributed by atoms with Crippen LogP contribution in [-0.2, 0) is 17.6 Å². The lowest BCUT2D eigenvalue weighted by atomic mass is 9.99. The van der Waals surface area contributed by atoms with Crippen molar-refractivity contribution in [3.63, 3.8) is 0 Å².